The fraction of sp³-hybridized carbons (Fsp3) is 0.333. The Bertz CT molecular complexity index is 652. The first kappa shape index (κ1) is 14.6. The molecular formula is C18H21N3O. The van der Waals surface area contributed by atoms with Gasteiger partial charge in [0.1, 0.15) is 0 Å². The highest BCUT2D eigenvalue weighted by Crippen LogP contribution is 2.20. The molecule has 0 spiro atoms. The van der Waals surface area contributed by atoms with Crippen molar-refractivity contribution in [3.63, 3.8) is 0 Å². The molecule has 1 aliphatic carbocycles. The highest BCUT2D eigenvalue weighted by molar-refractivity contribution is 5.79. The van der Waals surface area contributed by atoms with Crippen LogP contribution in [0, 0.1) is 5.92 Å². The van der Waals surface area contributed by atoms with Gasteiger partial charge < -0.3 is 5.32 Å². The molecule has 0 unspecified atom stereocenters. The normalized spacial score (nSPS) is 15.9. The lowest BCUT2D eigenvalue weighted by Crippen LogP contribution is -2.31. The number of carbonyl (C=O) groups excluding carboxylic acids is 1. The van der Waals surface area contributed by atoms with E-state index in [4.69, 9.17) is 0 Å². The molecule has 1 aromatic heterocycles. The van der Waals surface area contributed by atoms with Crippen LogP contribution < -0.4 is 5.32 Å². The number of rotatable bonds is 5. The standard InChI is InChI=1S/C18H21N3O/c1-14(20-18(22)16-9-5-6-10-16)17-11-19-21(13-17)12-15-7-3-2-4-8-15/h2-8,11,13-14,16H,9-10,12H2,1H3,(H,20,22)/t14-/m0/s1. The Balaban J connectivity index is 1.59. The van der Waals surface area contributed by atoms with Crippen molar-refractivity contribution in [3.8, 4) is 0 Å². The van der Waals surface area contributed by atoms with Crippen molar-refractivity contribution in [2.24, 2.45) is 5.92 Å². The van der Waals surface area contributed by atoms with Gasteiger partial charge in [0.05, 0.1) is 18.8 Å². The van der Waals surface area contributed by atoms with Crippen LogP contribution in [-0.2, 0) is 11.3 Å². The minimum atomic E-state index is -0.0161. The number of allylic oxidation sites excluding steroid dienone is 2. The molecule has 0 bridgehead atoms. The summed E-state index contributed by atoms with van der Waals surface area (Å²) in [5.74, 6) is 0.232. The Labute approximate surface area is 130 Å². The molecule has 1 aliphatic rings. The van der Waals surface area contributed by atoms with Gasteiger partial charge in [0.15, 0.2) is 0 Å². The maximum absolute atomic E-state index is 12.1. The monoisotopic (exact) mass is 295 g/mol. The zero-order valence-electron chi connectivity index (χ0n) is 12.8. The topological polar surface area (TPSA) is 46.9 Å². The first-order valence-electron chi connectivity index (χ1n) is 7.74. The summed E-state index contributed by atoms with van der Waals surface area (Å²) in [7, 11) is 0. The molecule has 1 amide bonds. The number of nitrogens with one attached hydrogen (secondary N) is 1. The molecular weight excluding hydrogens is 274 g/mol. The van der Waals surface area contributed by atoms with E-state index in [2.05, 4.69) is 34.7 Å². The minimum absolute atomic E-state index is 0.0161. The Morgan fingerprint density at radius 2 is 2.05 bits per heavy atom. The summed E-state index contributed by atoms with van der Waals surface area (Å²) < 4.78 is 1.91. The lowest BCUT2D eigenvalue weighted by atomic mass is 10.1. The lowest BCUT2D eigenvalue weighted by Gasteiger charge is -2.15. The van der Waals surface area contributed by atoms with E-state index >= 15 is 0 Å². The van der Waals surface area contributed by atoms with Gasteiger partial charge in [-0.25, -0.2) is 0 Å². The van der Waals surface area contributed by atoms with Crippen LogP contribution in [0.25, 0.3) is 0 Å². The third-order valence-corrected chi connectivity index (χ3v) is 4.08. The molecule has 0 saturated heterocycles. The van der Waals surface area contributed by atoms with E-state index in [1.165, 1.54) is 5.56 Å². The van der Waals surface area contributed by atoms with Crippen LogP contribution in [0.2, 0.25) is 0 Å². The summed E-state index contributed by atoms with van der Waals surface area (Å²) in [6.07, 6.45) is 9.70. The molecule has 114 valence electrons. The van der Waals surface area contributed by atoms with Crippen molar-refractivity contribution >= 4 is 5.91 Å². The summed E-state index contributed by atoms with van der Waals surface area (Å²) in [6.45, 7) is 2.75. The van der Waals surface area contributed by atoms with Crippen LogP contribution in [0.4, 0.5) is 0 Å². The molecule has 4 nitrogen and oxygen atoms in total. The molecule has 22 heavy (non-hydrogen) atoms. The van der Waals surface area contributed by atoms with Crippen LogP contribution in [0.1, 0.15) is 36.9 Å². The number of aromatic nitrogens is 2. The lowest BCUT2D eigenvalue weighted by molar-refractivity contribution is -0.125. The van der Waals surface area contributed by atoms with Gasteiger partial charge in [0, 0.05) is 17.7 Å². The molecule has 2 aromatic rings. The van der Waals surface area contributed by atoms with E-state index in [0.29, 0.717) is 0 Å². The smallest absolute Gasteiger partial charge is 0.224 e. The van der Waals surface area contributed by atoms with E-state index in [0.717, 1.165) is 24.9 Å². The van der Waals surface area contributed by atoms with E-state index in [-0.39, 0.29) is 17.9 Å². The summed E-state index contributed by atoms with van der Waals surface area (Å²) >= 11 is 0. The second-order valence-electron chi connectivity index (χ2n) is 5.83. The summed E-state index contributed by atoms with van der Waals surface area (Å²) in [5, 5.41) is 7.47. The largest absolute Gasteiger partial charge is 0.349 e. The predicted molar refractivity (Wildman–Crippen MR) is 86.2 cm³/mol. The van der Waals surface area contributed by atoms with Gasteiger partial charge >= 0.3 is 0 Å². The molecule has 0 fully saturated rings. The Kier molecular flexibility index (Phi) is 4.37. The van der Waals surface area contributed by atoms with Crippen molar-refractivity contribution in [1.29, 1.82) is 0 Å². The first-order valence-corrected chi connectivity index (χ1v) is 7.74. The molecule has 1 N–H and O–H groups in total. The number of hydrogen-bond acceptors (Lipinski definition) is 2. The van der Waals surface area contributed by atoms with Crippen LogP contribution in [0.15, 0.2) is 54.9 Å². The predicted octanol–water partition coefficient (Wildman–Crippen LogP) is 3.07. The Morgan fingerprint density at radius 3 is 2.77 bits per heavy atom. The van der Waals surface area contributed by atoms with Crippen molar-refractivity contribution in [1.82, 2.24) is 15.1 Å². The van der Waals surface area contributed by atoms with E-state index in [1.54, 1.807) is 0 Å². The van der Waals surface area contributed by atoms with Gasteiger partial charge in [-0.05, 0) is 25.3 Å². The third-order valence-electron chi connectivity index (χ3n) is 4.08. The third kappa shape index (κ3) is 3.45. The molecule has 1 atom stereocenters. The Morgan fingerprint density at radius 1 is 1.32 bits per heavy atom. The van der Waals surface area contributed by atoms with Crippen molar-refractivity contribution in [3.05, 3.63) is 66.0 Å². The van der Waals surface area contributed by atoms with Gasteiger partial charge in [0.2, 0.25) is 5.91 Å². The first-order chi connectivity index (χ1) is 10.7. The molecule has 1 heterocycles. The SMILES string of the molecule is C[C@H](NC(=O)C1CC=CC1)c1cnn(Cc2ccccc2)c1. The minimum Gasteiger partial charge on any atom is -0.349 e. The van der Waals surface area contributed by atoms with Crippen molar-refractivity contribution < 1.29 is 4.79 Å². The zero-order valence-corrected chi connectivity index (χ0v) is 12.8. The molecule has 0 aliphatic heterocycles. The Hall–Kier alpha value is -2.36. The van der Waals surface area contributed by atoms with E-state index < -0.39 is 0 Å². The van der Waals surface area contributed by atoms with Crippen molar-refractivity contribution in [2.75, 3.05) is 0 Å². The summed E-state index contributed by atoms with van der Waals surface area (Å²) in [4.78, 5) is 12.1. The van der Waals surface area contributed by atoms with Crippen LogP contribution in [-0.4, -0.2) is 15.7 Å². The molecule has 1 aromatic carbocycles. The fourth-order valence-corrected chi connectivity index (χ4v) is 2.71. The highest BCUT2D eigenvalue weighted by Gasteiger charge is 2.21. The van der Waals surface area contributed by atoms with Crippen LogP contribution in [0.5, 0.6) is 0 Å². The van der Waals surface area contributed by atoms with Gasteiger partial charge in [-0.1, -0.05) is 42.5 Å². The summed E-state index contributed by atoms with van der Waals surface area (Å²) in [5.41, 5.74) is 2.25. The number of benzene rings is 1. The second-order valence-corrected chi connectivity index (χ2v) is 5.83. The molecule has 4 heteroatoms. The maximum Gasteiger partial charge on any atom is 0.224 e. The average Bonchev–Trinajstić information content (AvgIpc) is 3.19. The van der Waals surface area contributed by atoms with Gasteiger partial charge in [-0.2, -0.15) is 5.10 Å². The number of hydrogen-bond donors (Lipinski definition) is 1. The molecule has 3 rings (SSSR count). The molecule has 0 radical (unpaired) electrons. The second kappa shape index (κ2) is 6.60. The fourth-order valence-electron chi connectivity index (χ4n) is 2.71. The van der Waals surface area contributed by atoms with Gasteiger partial charge in [-0.15, -0.1) is 0 Å². The summed E-state index contributed by atoms with van der Waals surface area (Å²) in [6, 6.07) is 10.2. The van der Waals surface area contributed by atoms with E-state index in [9.17, 15) is 4.79 Å². The maximum atomic E-state index is 12.1. The number of carbonyl (C=O) groups is 1. The highest BCUT2D eigenvalue weighted by atomic mass is 16.1. The average molecular weight is 295 g/mol. The number of nitrogens with zero attached hydrogens (tertiary/aromatic N) is 2. The van der Waals surface area contributed by atoms with Crippen LogP contribution in [0.3, 0.4) is 0 Å². The molecule has 0 saturated carbocycles. The van der Waals surface area contributed by atoms with Gasteiger partial charge in [0.25, 0.3) is 0 Å². The van der Waals surface area contributed by atoms with E-state index in [1.807, 2.05) is 42.2 Å². The van der Waals surface area contributed by atoms with Crippen molar-refractivity contribution in [2.45, 2.75) is 32.4 Å². The number of amides is 1. The van der Waals surface area contributed by atoms with Crippen LogP contribution >= 0.6 is 0 Å². The quantitative estimate of drug-likeness (QED) is 0.862. The van der Waals surface area contributed by atoms with Gasteiger partial charge in [-0.3, -0.25) is 9.48 Å². The zero-order chi connectivity index (χ0) is 15.4.